The minimum absolute atomic E-state index is 0.0122. The summed E-state index contributed by atoms with van der Waals surface area (Å²) in [7, 11) is -3.27. The molecule has 0 atom stereocenters. The van der Waals surface area contributed by atoms with Gasteiger partial charge in [0.15, 0.2) is 15.8 Å². The number of sulfone groups is 1. The van der Waals surface area contributed by atoms with Crippen molar-refractivity contribution in [1.82, 2.24) is 4.90 Å². The standard InChI is InChI=1S/C15H23N3O2S/c1-15(2,3)12-4-6-13(7-5-12)21(19,20)10-11-8-18(9-11)14(16)17/h4-7,11H,8-10H2,1-3H3,(H3,16,17). The Morgan fingerprint density at radius 2 is 1.81 bits per heavy atom. The van der Waals surface area contributed by atoms with Crippen molar-refractivity contribution in [3.05, 3.63) is 29.8 Å². The highest BCUT2D eigenvalue weighted by Gasteiger charge is 2.32. The zero-order valence-electron chi connectivity index (χ0n) is 12.8. The third-order valence-corrected chi connectivity index (χ3v) is 5.73. The summed E-state index contributed by atoms with van der Waals surface area (Å²) in [6, 6.07) is 7.15. The zero-order valence-corrected chi connectivity index (χ0v) is 13.6. The number of hydrogen-bond acceptors (Lipinski definition) is 3. The maximum absolute atomic E-state index is 12.4. The summed E-state index contributed by atoms with van der Waals surface area (Å²) in [4.78, 5) is 2.04. The van der Waals surface area contributed by atoms with Gasteiger partial charge in [0.05, 0.1) is 10.6 Å². The Morgan fingerprint density at radius 3 is 2.24 bits per heavy atom. The lowest BCUT2D eigenvalue weighted by molar-refractivity contribution is 0.204. The first-order valence-corrected chi connectivity index (χ1v) is 8.67. The molecule has 1 aliphatic heterocycles. The van der Waals surface area contributed by atoms with Crippen LogP contribution in [0.5, 0.6) is 0 Å². The summed E-state index contributed by atoms with van der Waals surface area (Å²) in [6.45, 7) is 7.40. The third kappa shape index (κ3) is 3.56. The maximum Gasteiger partial charge on any atom is 0.188 e. The van der Waals surface area contributed by atoms with Gasteiger partial charge in [0.2, 0.25) is 0 Å². The molecule has 0 aromatic heterocycles. The number of likely N-dealkylation sites (tertiary alicyclic amines) is 1. The first-order chi connectivity index (χ1) is 9.59. The quantitative estimate of drug-likeness (QED) is 0.655. The fourth-order valence-corrected chi connectivity index (χ4v) is 4.02. The van der Waals surface area contributed by atoms with E-state index in [4.69, 9.17) is 11.1 Å². The Hall–Kier alpha value is -1.56. The lowest BCUT2D eigenvalue weighted by Gasteiger charge is -2.39. The summed E-state index contributed by atoms with van der Waals surface area (Å²) >= 11 is 0. The van der Waals surface area contributed by atoms with Crippen molar-refractivity contribution in [2.24, 2.45) is 11.7 Å². The van der Waals surface area contributed by atoms with Crippen LogP contribution in [-0.2, 0) is 15.3 Å². The van der Waals surface area contributed by atoms with E-state index >= 15 is 0 Å². The minimum atomic E-state index is -3.27. The van der Waals surface area contributed by atoms with E-state index in [1.165, 1.54) is 0 Å². The van der Waals surface area contributed by atoms with Crippen LogP contribution in [0.4, 0.5) is 0 Å². The lowest BCUT2D eigenvalue weighted by Crippen LogP contribution is -2.54. The molecule has 0 saturated carbocycles. The van der Waals surface area contributed by atoms with Crippen molar-refractivity contribution >= 4 is 15.8 Å². The molecule has 1 saturated heterocycles. The average Bonchev–Trinajstić information content (AvgIpc) is 2.32. The predicted molar refractivity (Wildman–Crippen MR) is 84.2 cm³/mol. The molecule has 0 spiro atoms. The summed E-state index contributed by atoms with van der Waals surface area (Å²) in [5.41, 5.74) is 6.48. The average molecular weight is 309 g/mol. The number of nitrogens with two attached hydrogens (primary N) is 1. The van der Waals surface area contributed by atoms with Gasteiger partial charge in [-0.1, -0.05) is 32.9 Å². The van der Waals surface area contributed by atoms with E-state index < -0.39 is 9.84 Å². The molecule has 1 aromatic carbocycles. The third-order valence-electron chi connectivity index (χ3n) is 3.83. The van der Waals surface area contributed by atoms with Gasteiger partial charge < -0.3 is 10.6 Å². The van der Waals surface area contributed by atoms with Crippen molar-refractivity contribution in [1.29, 1.82) is 5.41 Å². The molecular weight excluding hydrogens is 286 g/mol. The van der Waals surface area contributed by atoms with Gasteiger partial charge in [-0.2, -0.15) is 0 Å². The number of guanidine groups is 1. The van der Waals surface area contributed by atoms with Gasteiger partial charge in [-0.3, -0.25) is 5.41 Å². The number of nitrogens with zero attached hydrogens (tertiary/aromatic N) is 1. The Kier molecular flexibility index (Phi) is 4.02. The van der Waals surface area contributed by atoms with Crippen LogP contribution < -0.4 is 5.73 Å². The number of hydrogen-bond donors (Lipinski definition) is 2. The van der Waals surface area contributed by atoms with Crippen LogP contribution >= 0.6 is 0 Å². The van der Waals surface area contributed by atoms with Gasteiger partial charge in [0, 0.05) is 19.0 Å². The highest BCUT2D eigenvalue weighted by Crippen LogP contribution is 2.25. The van der Waals surface area contributed by atoms with Crippen LogP contribution in [0.25, 0.3) is 0 Å². The van der Waals surface area contributed by atoms with Gasteiger partial charge in [0.25, 0.3) is 0 Å². The van der Waals surface area contributed by atoms with Gasteiger partial charge in [-0.15, -0.1) is 0 Å². The van der Waals surface area contributed by atoms with Crippen molar-refractivity contribution in [3.8, 4) is 0 Å². The number of rotatable bonds is 3. The van der Waals surface area contributed by atoms with Crippen molar-refractivity contribution in [2.75, 3.05) is 18.8 Å². The maximum atomic E-state index is 12.4. The summed E-state index contributed by atoms with van der Waals surface area (Å²) in [5, 5.41) is 7.27. The Morgan fingerprint density at radius 1 is 1.29 bits per heavy atom. The normalized spacial score (nSPS) is 16.6. The van der Waals surface area contributed by atoms with Crippen LogP contribution in [0.3, 0.4) is 0 Å². The van der Waals surface area contributed by atoms with Crippen LogP contribution in [0.2, 0.25) is 0 Å². The molecule has 2 rings (SSSR count). The highest BCUT2D eigenvalue weighted by atomic mass is 32.2. The molecule has 1 fully saturated rings. The van der Waals surface area contributed by atoms with E-state index in [0.717, 1.165) is 5.56 Å². The SMILES string of the molecule is CC(C)(C)c1ccc(S(=O)(=O)CC2CN(C(=N)N)C2)cc1. The molecule has 0 amide bonds. The monoisotopic (exact) mass is 309 g/mol. The molecule has 5 nitrogen and oxygen atoms in total. The first kappa shape index (κ1) is 15.8. The van der Waals surface area contributed by atoms with E-state index in [2.05, 4.69) is 20.8 Å². The van der Waals surface area contributed by atoms with Gasteiger partial charge in [0.1, 0.15) is 0 Å². The molecule has 0 radical (unpaired) electrons. The second-order valence-electron chi connectivity index (χ2n) is 6.71. The second-order valence-corrected chi connectivity index (χ2v) is 8.75. The van der Waals surface area contributed by atoms with Crippen molar-refractivity contribution in [2.45, 2.75) is 31.1 Å². The van der Waals surface area contributed by atoms with Crippen LogP contribution in [-0.4, -0.2) is 38.1 Å². The molecule has 0 aliphatic carbocycles. The lowest BCUT2D eigenvalue weighted by atomic mass is 9.87. The summed E-state index contributed by atoms with van der Waals surface area (Å²) in [6.07, 6.45) is 0. The van der Waals surface area contributed by atoms with E-state index in [1.54, 1.807) is 17.0 Å². The molecule has 21 heavy (non-hydrogen) atoms. The Balaban J connectivity index is 2.05. The van der Waals surface area contributed by atoms with Crippen molar-refractivity contribution < 1.29 is 8.42 Å². The fourth-order valence-electron chi connectivity index (χ4n) is 2.44. The molecule has 1 aromatic rings. The summed E-state index contributed by atoms with van der Waals surface area (Å²) in [5.74, 6) is 0.186. The van der Waals surface area contributed by atoms with Crippen LogP contribution in [0.15, 0.2) is 29.2 Å². The minimum Gasteiger partial charge on any atom is -0.370 e. The molecule has 3 N–H and O–H groups in total. The van der Waals surface area contributed by atoms with E-state index in [-0.39, 0.29) is 23.0 Å². The number of benzene rings is 1. The van der Waals surface area contributed by atoms with E-state index in [0.29, 0.717) is 18.0 Å². The van der Waals surface area contributed by atoms with E-state index in [9.17, 15) is 8.42 Å². The molecule has 0 bridgehead atoms. The Bertz CT molecular complexity index is 624. The van der Waals surface area contributed by atoms with Crippen LogP contribution in [0, 0.1) is 11.3 Å². The number of nitrogens with one attached hydrogen (secondary N) is 1. The van der Waals surface area contributed by atoms with E-state index in [1.807, 2.05) is 12.1 Å². The predicted octanol–water partition coefficient (Wildman–Crippen LogP) is 1.58. The molecule has 6 heteroatoms. The largest absolute Gasteiger partial charge is 0.370 e. The van der Waals surface area contributed by atoms with Gasteiger partial charge in [-0.05, 0) is 23.1 Å². The molecule has 1 aliphatic rings. The summed E-state index contributed by atoms with van der Waals surface area (Å²) < 4.78 is 24.7. The van der Waals surface area contributed by atoms with Gasteiger partial charge >= 0.3 is 0 Å². The molecule has 1 heterocycles. The topological polar surface area (TPSA) is 87.2 Å². The van der Waals surface area contributed by atoms with Crippen molar-refractivity contribution in [3.63, 3.8) is 0 Å². The van der Waals surface area contributed by atoms with Gasteiger partial charge in [-0.25, -0.2) is 8.42 Å². The second kappa shape index (κ2) is 5.33. The zero-order chi connectivity index (χ0) is 15.8. The smallest absolute Gasteiger partial charge is 0.188 e. The molecular formula is C15H23N3O2S. The first-order valence-electron chi connectivity index (χ1n) is 7.02. The molecule has 0 unspecified atom stereocenters. The van der Waals surface area contributed by atoms with Crippen LogP contribution in [0.1, 0.15) is 26.3 Å². The fraction of sp³-hybridized carbons (Fsp3) is 0.533. The Labute approximate surface area is 126 Å². The highest BCUT2D eigenvalue weighted by molar-refractivity contribution is 7.91. The molecule has 116 valence electrons.